The molecule has 1 heteroatoms. The standard InChI is InChI=1S/C10H11.Sn/c1-8-4-2-3-5-10(8)9-6-7-9;/h2-5H,6-7H2,1H3;. The minimum absolute atomic E-state index is 0.623. The van der Waals surface area contributed by atoms with Crippen molar-refractivity contribution in [2.75, 3.05) is 0 Å². The molecule has 1 aromatic carbocycles. The summed E-state index contributed by atoms with van der Waals surface area (Å²) in [6, 6.07) is 8.80. The Bertz CT molecular complexity index is 274. The van der Waals surface area contributed by atoms with E-state index in [1.54, 1.807) is 28.1 Å². The Morgan fingerprint density at radius 3 is 2.45 bits per heavy atom. The van der Waals surface area contributed by atoms with Crippen LogP contribution in [-0.2, 0) is 3.43 Å². The van der Waals surface area contributed by atoms with Gasteiger partial charge in [0.1, 0.15) is 0 Å². The molecule has 0 amide bonds. The molecule has 55 valence electrons. The first-order valence-corrected chi connectivity index (χ1v) is 5.46. The van der Waals surface area contributed by atoms with Crippen molar-refractivity contribution in [1.29, 1.82) is 0 Å². The van der Waals surface area contributed by atoms with Crippen LogP contribution in [0.3, 0.4) is 0 Å². The van der Waals surface area contributed by atoms with E-state index in [-0.39, 0.29) is 0 Å². The van der Waals surface area contributed by atoms with Crippen molar-refractivity contribution in [1.82, 2.24) is 0 Å². The number of benzene rings is 1. The van der Waals surface area contributed by atoms with Gasteiger partial charge in [-0.05, 0) is 0 Å². The van der Waals surface area contributed by atoms with Gasteiger partial charge in [-0.25, -0.2) is 0 Å². The molecule has 0 heterocycles. The van der Waals surface area contributed by atoms with Gasteiger partial charge in [-0.1, -0.05) is 0 Å². The quantitative estimate of drug-likeness (QED) is 0.670. The summed E-state index contributed by atoms with van der Waals surface area (Å²) in [5.74, 6) is 0. The Hall–Kier alpha value is 0.0187. The molecule has 0 aliphatic heterocycles. The number of hydrogen-bond donors (Lipinski definition) is 0. The average molecular weight is 250 g/mol. The predicted molar refractivity (Wildman–Crippen MR) is 47.8 cm³/mol. The fourth-order valence-electron chi connectivity index (χ4n) is 1.50. The molecular formula is C10H11Sn. The van der Waals surface area contributed by atoms with Crippen LogP contribution in [0.4, 0.5) is 0 Å². The first-order valence-electron chi connectivity index (χ1n) is 4.03. The van der Waals surface area contributed by atoms with Gasteiger partial charge in [-0.2, -0.15) is 0 Å². The van der Waals surface area contributed by atoms with E-state index in [1.165, 1.54) is 18.4 Å². The molecule has 0 aromatic heterocycles. The van der Waals surface area contributed by atoms with Crippen LogP contribution in [0.25, 0.3) is 0 Å². The van der Waals surface area contributed by atoms with Crippen molar-refractivity contribution in [2.24, 2.45) is 0 Å². The van der Waals surface area contributed by atoms with Crippen LogP contribution in [0.15, 0.2) is 24.3 Å². The van der Waals surface area contributed by atoms with Crippen molar-refractivity contribution in [2.45, 2.75) is 23.2 Å². The summed E-state index contributed by atoms with van der Waals surface area (Å²) in [6.45, 7) is 2.22. The van der Waals surface area contributed by atoms with Crippen LogP contribution >= 0.6 is 0 Å². The van der Waals surface area contributed by atoms with Gasteiger partial charge in [-0.3, -0.25) is 0 Å². The minimum atomic E-state index is 0.623. The molecule has 11 heavy (non-hydrogen) atoms. The summed E-state index contributed by atoms with van der Waals surface area (Å²) in [7, 11) is 0. The topological polar surface area (TPSA) is 0 Å². The van der Waals surface area contributed by atoms with Gasteiger partial charge in [0.15, 0.2) is 0 Å². The number of aryl methyl sites for hydroxylation is 1. The zero-order valence-electron chi connectivity index (χ0n) is 6.72. The van der Waals surface area contributed by atoms with Crippen LogP contribution in [0.5, 0.6) is 0 Å². The third-order valence-electron chi connectivity index (χ3n) is 2.41. The Morgan fingerprint density at radius 2 is 1.91 bits per heavy atom. The van der Waals surface area contributed by atoms with Gasteiger partial charge in [-0.15, -0.1) is 0 Å². The first-order chi connectivity index (χ1) is 5.22. The molecule has 1 aliphatic rings. The molecule has 0 bridgehead atoms. The number of rotatable bonds is 1. The van der Waals surface area contributed by atoms with Crippen LogP contribution in [0.2, 0.25) is 0 Å². The van der Waals surface area contributed by atoms with Crippen LogP contribution in [0, 0.1) is 6.92 Å². The molecule has 1 aliphatic carbocycles. The molecule has 1 aromatic rings. The molecule has 0 saturated heterocycles. The average Bonchev–Trinajstić information content (AvgIpc) is 2.70. The van der Waals surface area contributed by atoms with E-state index in [4.69, 9.17) is 0 Å². The van der Waals surface area contributed by atoms with E-state index in [1.807, 2.05) is 0 Å². The van der Waals surface area contributed by atoms with Gasteiger partial charge < -0.3 is 0 Å². The van der Waals surface area contributed by atoms with Crippen molar-refractivity contribution in [3.8, 4) is 0 Å². The monoisotopic (exact) mass is 251 g/mol. The fourth-order valence-corrected chi connectivity index (χ4v) is 2.66. The Labute approximate surface area is 81.1 Å². The maximum atomic E-state index is 2.29. The Morgan fingerprint density at radius 1 is 1.27 bits per heavy atom. The van der Waals surface area contributed by atoms with E-state index in [2.05, 4.69) is 31.2 Å². The van der Waals surface area contributed by atoms with Crippen molar-refractivity contribution >= 4 is 22.5 Å². The molecular weight excluding hydrogens is 239 g/mol. The molecule has 1 fully saturated rings. The summed E-state index contributed by atoms with van der Waals surface area (Å²) in [5.41, 5.74) is 3.07. The van der Waals surface area contributed by atoms with E-state index in [9.17, 15) is 0 Å². The second kappa shape index (κ2) is 2.51. The number of hydrogen-bond acceptors (Lipinski definition) is 0. The predicted octanol–water partition coefficient (Wildman–Crippen LogP) is 2.15. The van der Waals surface area contributed by atoms with Gasteiger partial charge in [0.2, 0.25) is 0 Å². The molecule has 0 spiro atoms. The van der Waals surface area contributed by atoms with Crippen LogP contribution in [-0.4, -0.2) is 22.5 Å². The van der Waals surface area contributed by atoms with E-state index in [0.717, 1.165) is 0 Å². The van der Waals surface area contributed by atoms with Crippen molar-refractivity contribution in [3.63, 3.8) is 0 Å². The van der Waals surface area contributed by atoms with Crippen LogP contribution in [0.1, 0.15) is 24.0 Å². The first kappa shape index (κ1) is 7.66. The summed E-state index contributed by atoms with van der Waals surface area (Å²) < 4.78 is 0.623. The van der Waals surface area contributed by atoms with Gasteiger partial charge >= 0.3 is 81.1 Å². The summed E-state index contributed by atoms with van der Waals surface area (Å²) in [5, 5.41) is 0. The van der Waals surface area contributed by atoms with Crippen LogP contribution < -0.4 is 0 Å². The van der Waals surface area contributed by atoms with Gasteiger partial charge in [0, 0.05) is 0 Å². The molecule has 0 unspecified atom stereocenters. The molecule has 0 nitrogen and oxygen atoms in total. The maximum absolute atomic E-state index is 2.29. The van der Waals surface area contributed by atoms with Crippen molar-refractivity contribution < 1.29 is 0 Å². The Kier molecular flexibility index (Phi) is 1.75. The second-order valence-electron chi connectivity index (χ2n) is 3.40. The fraction of sp³-hybridized carbons (Fsp3) is 0.400. The van der Waals surface area contributed by atoms with E-state index in [0.29, 0.717) is 3.43 Å². The SMILES string of the molecule is Cc1ccccc1[C]1([Sn])CC1. The van der Waals surface area contributed by atoms with Crippen molar-refractivity contribution in [3.05, 3.63) is 35.4 Å². The molecule has 0 atom stereocenters. The summed E-state index contributed by atoms with van der Waals surface area (Å²) in [4.78, 5) is 0. The second-order valence-corrected chi connectivity index (χ2v) is 6.13. The van der Waals surface area contributed by atoms with Gasteiger partial charge in [0.25, 0.3) is 0 Å². The Balaban J connectivity index is 2.45. The zero-order chi connectivity index (χ0) is 7.90. The molecule has 2 rings (SSSR count). The summed E-state index contributed by atoms with van der Waals surface area (Å²) in [6.07, 6.45) is 2.83. The molecule has 1 saturated carbocycles. The van der Waals surface area contributed by atoms with Gasteiger partial charge in [0.05, 0.1) is 0 Å². The zero-order valence-corrected chi connectivity index (χ0v) is 9.58. The third-order valence-corrected chi connectivity index (χ3v) is 4.61. The molecule has 3 radical (unpaired) electrons. The van der Waals surface area contributed by atoms with E-state index >= 15 is 0 Å². The normalized spacial score (nSPS) is 19.8. The summed E-state index contributed by atoms with van der Waals surface area (Å²) >= 11 is 1.69. The molecule has 0 N–H and O–H groups in total. The third kappa shape index (κ3) is 1.33. The van der Waals surface area contributed by atoms with E-state index < -0.39 is 0 Å².